The molecule has 0 spiro atoms. The Hall–Kier alpha value is -4.33. The zero-order valence-electron chi connectivity index (χ0n) is 21.3. The third-order valence-corrected chi connectivity index (χ3v) is 6.83. The van der Waals surface area contributed by atoms with Crippen LogP contribution in [0, 0.1) is 0 Å². The average molecular weight is 499 g/mol. The second-order valence-electron chi connectivity index (χ2n) is 8.96. The highest BCUT2D eigenvalue weighted by Crippen LogP contribution is 2.39. The second kappa shape index (κ2) is 10.3. The van der Waals surface area contributed by atoms with E-state index in [0.717, 1.165) is 22.5 Å². The molecule has 1 aromatic heterocycles. The Balaban J connectivity index is 1.49. The summed E-state index contributed by atoms with van der Waals surface area (Å²) in [6, 6.07) is 22.8. The van der Waals surface area contributed by atoms with Crippen LogP contribution in [0.5, 0.6) is 11.5 Å². The standard InChI is InChI=1S/C29H30N4O4/c1-4-31(21-10-6-5-7-11-21)28(35)19-33-24-13-9-8-12-23(24)30-29(33)20-16-27(34)32(18-20)25-17-22(36-2)14-15-26(25)37-3/h5-15,17,20H,4,16,18-19H2,1-3H3. The minimum absolute atomic E-state index is 0.0269. The third-order valence-electron chi connectivity index (χ3n) is 6.83. The minimum Gasteiger partial charge on any atom is -0.497 e. The van der Waals surface area contributed by atoms with E-state index in [1.54, 1.807) is 36.2 Å². The van der Waals surface area contributed by atoms with Crippen LogP contribution in [0.1, 0.15) is 25.1 Å². The topological polar surface area (TPSA) is 76.9 Å². The molecule has 5 rings (SSSR count). The molecule has 1 unspecified atom stereocenters. The molecule has 37 heavy (non-hydrogen) atoms. The molecular weight excluding hydrogens is 468 g/mol. The van der Waals surface area contributed by atoms with Gasteiger partial charge in [0.2, 0.25) is 11.8 Å². The number of carbonyl (C=O) groups is 2. The van der Waals surface area contributed by atoms with Gasteiger partial charge in [0.1, 0.15) is 23.9 Å². The number of methoxy groups -OCH3 is 2. The maximum absolute atomic E-state index is 13.5. The summed E-state index contributed by atoms with van der Waals surface area (Å²) in [5.74, 6) is 1.73. The maximum Gasteiger partial charge on any atom is 0.246 e. The Morgan fingerprint density at radius 1 is 1.03 bits per heavy atom. The van der Waals surface area contributed by atoms with E-state index in [1.807, 2.05) is 72.2 Å². The smallest absolute Gasteiger partial charge is 0.246 e. The van der Waals surface area contributed by atoms with Crippen LogP contribution in [-0.4, -0.2) is 48.7 Å². The predicted octanol–water partition coefficient (Wildman–Crippen LogP) is 4.63. The molecule has 0 radical (unpaired) electrons. The summed E-state index contributed by atoms with van der Waals surface area (Å²) in [5, 5.41) is 0. The number of rotatable bonds is 8. The van der Waals surface area contributed by atoms with Gasteiger partial charge in [-0.25, -0.2) is 4.98 Å². The van der Waals surface area contributed by atoms with Crippen LogP contribution in [0.3, 0.4) is 0 Å². The van der Waals surface area contributed by atoms with Gasteiger partial charge in [0.25, 0.3) is 0 Å². The molecule has 0 bridgehead atoms. The van der Waals surface area contributed by atoms with Crippen molar-refractivity contribution in [2.75, 3.05) is 37.1 Å². The lowest BCUT2D eigenvalue weighted by atomic mass is 10.1. The number of nitrogens with zero attached hydrogens (tertiary/aromatic N) is 4. The summed E-state index contributed by atoms with van der Waals surface area (Å²) >= 11 is 0. The van der Waals surface area contributed by atoms with Crippen molar-refractivity contribution in [1.29, 1.82) is 0 Å². The van der Waals surface area contributed by atoms with Crippen molar-refractivity contribution in [3.8, 4) is 11.5 Å². The number of hydrogen-bond donors (Lipinski definition) is 0. The molecule has 8 nitrogen and oxygen atoms in total. The molecule has 2 heterocycles. The quantitative estimate of drug-likeness (QED) is 0.354. The highest BCUT2D eigenvalue weighted by atomic mass is 16.5. The van der Waals surface area contributed by atoms with Crippen molar-refractivity contribution >= 4 is 34.2 Å². The lowest BCUT2D eigenvalue weighted by Crippen LogP contribution is -2.34. The van der Waals surface area contributed by atoms with E-state index >= 15 is 0 Å². The molecule has 0 N–H and O–H groups in total. The molecule has 1 atom stereocenters. The summed E-state index contributed by atoms with van der Waals surface area (Å²) < 4.78 is 12.9. The van der Waals surface area contributed by atoms with Crippen molar-refractivity contribution in [2.45, 2.75) is 25.8 Å². The van der Waals surface area contributed by atoms with Crippen LogP contribution in [0.15, 0.2) is 72.8 Å². The molecule has 8 heteroatoms. The number of hydrogen-bond acceptors (Lipinski definition) is 5. The van der Waals surface area contributed by atoms with Crippen LogP contribution in [0.4, 0.5) is 11.4 Å². The number of ether oxygens (including phenoxy) is 2. The zero-order chi connectivity index (χ0) is 25.9. The normalized spacial score (nSPS) is 15.3. The zero-order valence-corrected chi connectivity index (χ0v) is 21.3. The molecule has 2 amide bonds. The SMILES string of the molecule is CCN(C(=O)Cn1c(C2CC(=O)N(c3cc(OC)ccc3OC)C2)nc2ccccc21)c1ccccc1. The number of para-hydroxylation sites is 3. The Bertz CT molecular complexity index is 1430. The minimum atomic E-state index is -0.185. The van der Waals surface area contributed by atoms with E-state index in [1.165, 1.54) is 0 Å². The molecule has 1 aliphatic heterocycles. The lowest BCUT2D eigenvalue weighted by Gasteiger charge is -2.23. The molecule has 0 aliphatic carbocycles. The third kappa shape index (κ3) is 4.62. The molecule has 1 saturated heterocycles. The number of fused-ring (bicyclic) bond motifs is 1. The van der Waals surface area contributed by atoms with E-state index in [0.29, 0.717) is 30.3 Å². The van der Waals surface area contributed by atoms with Crippen LogP contribution in [0.25, 0.3) is 11.0 Å². The van der Waals surface area contributed by atoms with E-state index in [9.17, 15) is 9.59 Å². The number of likely N-dealkylation sites (N-methyl/N-ethyl adjacent to an activating group) is 1. The van der Waals surface area contributed by atoms with Gasteiger partial charge in [-0.3, -0.25) is 9.59 Å². The number of imidazole rings is 1. The molecule has 3 aromatic carbocycles. The van der Waals surface area contributed by atoms with Crippen molar-refractivity contribution in [3.63, 3.8) is 0 Å². The number of carbonyl (C=O) groups excluding carboxylic acids is 2. The monoisotopic (exact) mass is 498 g/mol. The van der Waals surface area contributed by atoms with Crippen LogP contribution < -0.4 is 19.3 Å². The van der Waals surface area contributed by atoms with Gasteiger partial charge in [0, 0.05) is 37.2 Å². The molecule has 1 aliphatic rings. The summed E-state index contributed by atoms with van der Waals surface area (Å²) in [4.78, 5) is 35.2. The highest BCUT2D eigenvalue weighted by molar-refractivity contribution is 5.98. The van der Waals surface area contributed by atoms with Crippen molar-refractivity contribution in [2.24, 2.45) is 0 Å². The summed E-state index contributed by atoms with van der Waals surface area (Å²) in [7, 11) is 3.18. The van der Waals surface area contributed by atoms with Gasteiger partial charge in [0.05, 0.1) is 30.9 Å². The van der Waals surface area contributed by atoms with Gasteiger partial charge in [0.15, 0.2) is 0 Å². The Kier molecular flexibility index (Phi) is 6.81. The first-order chi connectivity index (χ1) is 18.0. The number of amides is 2. The lowest BCUT2D eigenvalue weighted by molar-refractivity contribution is -0.119. The summed E-state index contributed by atoms with van der Waals surface area (Å²) in [5.41, 5.74) is 3.19. The molecular formula is C29H30N4O4. The van der Waals surface area contributed by atoms with Gasteiger partial charge in [-0.1, -0.05) is 30.3 Å². The van der Waals surface area contributed by atoms with Crippen molar-refractivity contribution in [1.82, 2.24) is 9.55 Å². The largest absolute Gasteiger partial charge is 0.497 e. The van der Waals surface area contributed by atoms with E-state index < -0.39 is 0 Å². The number of aromatic nitrogens is 2. The van der Waals surface area contributed by atoms with Gasteiger partial charge < -0.3 is 23.8 Å². The maximum atomic E-state index is 13.5. The van der Waals surface area contributed by atoms with Crippen molar-refractivity contribution < 1.29 is 19.1 Å². The highest BCUT2D eigenvalue weighted by Gasteiger charge is 2.36. The Labute approximate surface area is 216 Å². The summed E-state index contributed by atoms with van der Waals surface area (Å²) in [6.07, 6.45) is 0.286. The first-order valence-electron chi connectivity index (χ1n) is 12.4. The predicted molar refractivity (Wildman–Crippen MR) is 143 cm³/mol. The van der Waals surface area contributed by atoms with Gasteiger partial charge in [-0.15, -0.1) is 0 Å². The fraction of sp³-hybridized carbons (Fsp3) is 0.276. The molecule has 4 aromatic rings. The number of benzene rings is 3. The first-order valence-corrected chi connectivity index (χ1v) is 12.4. The summed E-state index contributed by atoms with van der Waals surface area (Å²) in [6.45, 7) is 3.07. The first kappa shape index (κ1) is 24.4. The van der Waals surface area contributed by atoms with E-state index in [2.05, 4.69) is 0 Å². The van der Waals surface area contributed by atoms with E-state index in [-0.39, 0.29) is 30.7 Å². The fourth-order valence-corrected chi connectivity index (χ4v) is 5.02. The van der Waals surface area contributed by atoms with E-state index in [4.69, 9.17) is 14.5 Å². The Morgan fingerprint density at radius 2 is 1.78 bits per heavy atom. The second-order valence-corrected chi connectivity index (χ2v) is 8.96. The average Bonchev–Trinajstić information content (AvgIpc) is 3.49. The molecule has 1 fully saturated rings. The van der Waals surface area contributed by atoms with Crippen LogP contribution >= 0.6 is 0 Å². The molecule has 190 valence electrons. The number of anilines is 2. The van der Waals surface area contributed by atoms with Crippen molar-refractivity contribution in [3.05, 3.63) is 78.6 Å². The van der Waals surface area contributed by atoms with Crippen LogP contribution in [-0.2, 0) is 16.1 Å². The van der Waals surface area contributed by atoms with Gasteiger partial charge in [-0.2, -0.15) is 0 Å². The molecule has 0 saturated carbocycles. The fourth-order valence-electron chi connectivity index (χ4n) is 5.02. The Morgan fingerprint density at radius 3 is 2.51 bits per heavy atom. The van der Waals surface area contributed by atoms with Crippen LogP contribution in [0.2, 0.25) is 0 Å². The van der Waals surface area contributed by atoms with Gasteiger partial charge in [-0.05, 0) is 43.3 Å². The van der Waals surface area contributed by atoms with Gasteiger partial charge >= 0.3 is 0 Å².